The summed E-state index contributed by atoms with van der Waals surface area (Å²) < 4.78 is 15.2. The van der Waals surface area contributed by atoms with Crippen LogP contribution < -0.4 is 10.2 Å². The van der Waals surface area contributed by atoms with Crippen LogP contribution in [0.1, 0.15) is 31.5 Å². The SMILES string of the molecule is CCc1cc(C#N)ncc1N(CC)c1cc2c(ncn2C)c(NC(=O)[C@H]2C[C@H]2F)n1. The van der Waals surface area contributed by atoms with Gasteiger partial charge >= 0.3 is 0 Å². The number of carbonyl (C=O) groups is 1. The summed E-state index contributed by atoms with van der Waals surface area (Å²) in [6.07, 6.45) is 3.20. The number of pyridine rings is 2. The molecule has 154 valence electrons. The molecule has 3 aromatic heterocycles. The number of imidazole rings is 1. The number of hydrogen-bond donors (Lipinski definition) is 1. The maximum absolute atomic E-state index is 13.3. The molecule has 0 aromatic carbocycles. The monoisotopic (exact) mass is 407 g/mol. The smallest absolute Gasteiger partial charge is 0.231 e. The molecule has 0 spiro atoms. The molecule has 1 fully saturated rings. The van der Waals surface area contributed by atoms with Crippen molar-refractivity contribution in [3.8, 4) is 6.07 Å². The summed E-state index contributed by atoms with van der Waals surface area (Å²) >= 11 is 0. The summed E-state index contributed by atoms with van der Waals surface area (Å²) in [6.45, 7) is 4.60. The highest BCUT2D eigenvalue weighted by atomic mass is 19.1. The van der Waals surface area contributed by atoms with Gasteiger partial charge in [-0.05, 0) is 31.4 Å². The molecule has 0 unspecified atom stereocenters. The quantitative estimate of drug-likeness (QED) is 0.673. The second-order valence-corrected chi connectivity index (χ2v) is 7.31. The number of rotatable bonds is 6. The first kappa shape index (κ1) is 19.8. The number of anilines is 3. The Kier molecular flexibility index (Phi) is 5.08. The third kappa shape index (κ3) is 3.45. The Bertz CT molecular complexity index is 1170. The molecule has 0 saturated heterocycles. The number of nitrogens with zero attached hydrogens (tertiary/aromatic N) is 6. The first-order valence-electron chi connectivity index (χ1n) is 9.90. The fourth-order valence-electron chi connectivity index (χ4n) is 3.52. The second kappa shape index (κ2) is 7.71. The van der Waals surface area contributed by atoms with Crippen molar-refractivity contribution in [2.45, 2.75) is 32.9 Å². The lowest BCUT2D eigenvalue weighted by Gasteiger charge is -2.25. The molecule has 1 aliphatic carbocycles. The molecule has 30 heavy (non-hydrogen) atoms. The van der Waals surface area contributed by atoms with E-state index in [0.717, 1.165) is 23.2 Å². The van der Waals surface area contributed by atoms with Crippen molar-refractivity contribution in [1.82, 2.24) is 19.5 Å². The van der Waals surface area contributed by atoms with Gasteiger partial charge in [0.1, 0.15) is 29.3 Å². The molecule has 0 bridgehead atoms. The third-order valence-corrected chi connectivity index (χ3v) is 5.33. The zero-order valence-corrected chi connectivity index (χ0v) is 17.1. The van der Waals surface area contributed by atoms with Gasteiger partial charge in [-0.1, -0.05) is 6.92 Å². The van der Waals surface area contributed by atoms with E-state index in [4.69, 9.17) is 5.26 Å². The molecule has 1 aliphatic rings. The van der Waals surface area contributed by atoms with E-state index < -0.39 is 12.1 Å². The fraction of sp³-hybridized carbons (Fsp3) is 0.381. The molecule has 3 heterocycles. The van der Waals surface area contributed by atoms with Crippen LogP contribution in [0.5, 0.6) is 0 Å². The normalized spacial score (nSPS) is 17.6. The van der Waals surface area contributed by atoms with Crippen molar-refractivity contribution in [1.29, 1.82) is 5.26 Å². The van der Waals surface area contributed by atoms with Crippen LogP contribution in [0, 0.1) is 17.2 Å². The van der Waals surface area contributed by atoms with Crippen molar-refractivity contribution in [2.24, 2.45) is 13.0 Å². The highest BCUT2D eigenvalue weighted by Crippen LogP contribution is 2.36. The van der Waals surface area contributed by atoms with Crippen LogP contribution in [0.3, 0.4) is 0 Å². The zero-order valence-electron chi connectivity index (χ0n) is 17.1. The lowest BCUT2D eigenvalue weighted by Crippen LogP contribution is -2.21. The van der Waals surface area contributed by atoms with Gasteiger partial charge in [-0.15, -0.1) is 0 Å². The van der Waals surface area contributed by atoms with Crippen LogP contribution in [-0.2, 0) is 18.3 Å². The number of nitrogens with one attached hydrogen (secondary N) is 1. The van der Waals surface area contributed by atoms with E-state index in [9.17, 15) is 9.18 Å². The van der Waals surface area contributed by atoms with E-state index in [1.165, 1.54) is 0 Å². The van der Waals surface area contributed by atoms with Gasteiger partial charge in [0.15, 0.2) is 5.82 Å². The predicted molar refractivity (Wildman–Crippen MR) is 111 cm³/mol. The number of hydrogen-bond acceptors (Lipinski definition) is 6. The van der Waals surface area contributed by atoms with Gasteiger partial charge in [0.05, 0.1) is 29.6 Å². The Morgan fingerprint density at radius 3 is 2.80 bits per heavy atom. The van der Waals surface area contributed by atoms with Crippen LogP contribution >= 0.6 is 0 Å². The molecule has 0 aliphatic heterocycles. The van der Waals surface area contributed by atoms with Crippen LogP contribution in [0.4, 0.5) is 21.7 Å². The number of carbonyl (C=O) groups excluding carboxylic acids is 1. The number of nitriles is 1. The minimum absolute atomic E-state index is 0.245. The minimum atomic E-state index is -1.09. The van der Waals surface area contributed by atoms with Gasteiger partial charge in [-0.2, -0.15) is 5.26 Å². The Labute approximate surface area is 173 Å². The van der Waals surface area contributed by atoms with E-state index in [1.807, 2.05) is 36.4 Å². The molecule has 0 radical (unpaired) electrons. The molecule has 3 aromatic rings. The lowest BCUT2D eigenvalue weighted by atomic mass is 10.1. The number of fused-ring (bicyclic) bond motifs is 1. The topological polar surface area (TPSA) is 99.7 Å². The highest BCUT2D eigenvalue weighted by Gasteiger charge is 2.44. The maximum Gasteiger partial charge on any atom is 0.231 e. The van der Waals surface area contributed by atoms with Crippen LogP contribution in [0.15, 0.2) is 24.7 Å². The van der Waals surface area contributed by atoms with Gasteiger partial charge in [0, 0.05) is 19.7 Å². The molecule has 1 amide bonds. The number of halogens is 1. The van der Waals surface area contributed by atoms with Crippen LogP contribution in [0.2, 0.25) is 0 Å². The van der Waals surface area contributed by atoms with Gasteiger partial charge in [0.2, 0.25) is 5.91 Å². The predicted octanol–water partition coefficient (Wildman–Crippen LogP) is 3.25. The molecule has 9 heteroatoms. The van der Waals surface area contributed by atoms with E-state index in [1.54, 1.807) is 18.6 Å². The van der Waals surface area contributed by atoms with E-state index in [0.29, 0.717) is 29.4 Å². The van der Waals surface area contributed by atoms with Gasteiger partial charge in [-0.25, -0.2) is 19.3 Å². The first-order chi connectivity index (χ1) is 14.5. The molecular weight excluding hydrogens is 385 g/mol. The van der Waals surface area contributed by atoms with Crippen LogP contribution in [-0.4, -0.2) is 38.1 Å². The van der Waals surface area contributed by atoms with Crippen LogP contribution in [0.25, 0.3) is 11.0 Å². The van der Waals surface area contributed by atoms with Crippen molar-refractivity contribution in [2.75, 3.05) is 16.8 Å². The maximum atomic E-state index is 13.3. The van der Waals surface area contributed by atoms with Crippen molar-refractivity contribution >= 4 is 34.3 Å². The van der Waals surface area contributed by atoms with E-state index >= 15 is 0 Å². The summed E-state index contributed by atoms with van der Waals surface area (Å²) in [6, 6.07) is 5.74. The summed E-state index contributed by atoms with van der Waals surface area (Å²) in [5, 5.41) is 11.9. The van der Waals surface area contributed by atoms with Crippen molar-refractivity contribution < 1.29 is 9.18 Å². The lowest BCUT2D eigenvalue weighted by molar-refractivity contribution is -0.117. The zero-order chi connectivity index (χ0) is 21.4. The summed E-state index contributed by atoms with van der Waals surface area (Å²) in [5.41, 5.74) is 3.52. The Morgan fingerprint density at radius 2 is 2.17 bits per heavy atom. The number of amides is 1. The number of aryl methyl sites for hydroxylation is 2. The Hall–Kier alpha value is -3.54. The number of alkyl halides is 1. The summed E-state index contributed by atoms with van der Waals surface area (Å²) in [5.74, 6) is -0.0784. The average Bonchev–Trinajstić information content (AvgIpc) is 3.38. The highest BCUT2D eigenvalue weighted by molar-refractivity contribution is 6.01. The average molecular weight is 407 g/mol. The molecule has 4 rings (SSSR count). The molecule has 1 saturated carbocycles. The largest absolute Gasteiger partial charge is 0.334 e. The Morgan fingerprint density at radius 1 is 1.40 bits per heavy atom. The molecule has 2 atom stereocenters. The standard InChI is InChI=1S/C21H22FN7O/c1-4-12-6-13(9-23)24-10-17(12)29(5-2)18-8-16-19(25-11-28(16)3)20(26-18)27-21(30)14-7-15(14)22/h6,8,10-11,14-15H,4-5,7H2,1-3H3,(H,26,27,30)/t14-,15+/m0/s1. The molecule has 1 N–H and O–H groups in total. The van der Waals surface area contributed by atoms with Gasteiger partial charge < -0.3 is 14.8 Å². The van der Waals surface area contributed by atoms with E-state index in [2.05, 4.69) is 26.3 Å². The first-order valence-corrected chi connectivity index (χ1v) is 9.90. The summed E-state index contributed by atoms with van der Waals surface area (Å²) in [4.78, 5) is 27.6. The molecular formula is C21H22FN7O. The van der Waals surface area contributed by atoms with E-state index in [-0.39, 0.29) is 12.3 Å². The fourth-order valence-corrected chi connectivity index (χ4v) is 3.52. The van der Waals surface area contributed by atoms with Gasteiger partial charge in [0.25, 0.3) is 0 Å². The number of aromatic nitrogens is 4. The molecule has 8 nitrogen and oxygen atoms in total. The van der Waals surface area contributed by atoms with Gasteiger partial charge in [-0.3, -0.25) is 4.79 Å². The van der Waals surface area contributed by atoms with Crippen molar-refractivity contribution in [3.63, 3.8) is 0 Å². The Balaban J connectivity index is 1.80. The minimum Gasteiger partial charge on any atom is -0.334 e. The summed E-state index contributed by atoms with van der Waals surface area (Å²) in [7, 11) is 1.86. The third-order valence-electron chi connectivity index (χ3n) is 5.33. The van der Waals surface area contributed by atoms with Crippen molar-refractivity contribution in [3.05, 3.63) is 35.9 Å². The second-order valence-electron chi connectivity index (χ2n) is 7.31.